The number of ether oxygens (including phenoxy) is 1. The minimum absolute atomic E-state index is 0.695. The molecule has 0 spiro atoms. The van der Waals surface area contributed by atoms with Crippen molar-refractivity contribution in [1.29, 1.82) is 0 Å². The van der Waals surface area contributed by atoms with Crippen LogP contribution in [0.25, 0.3) is 0 Å². The SMILES string of the molecule is CCNC(=NCCCOc1ccccc1)NCCCCSC. The number of benzene rings is 1. The normalized spacial score (nSPS) is 11.3. The first-order valence-electron chi connectivity index (χ1n) is 8.05. The molecule has 0 aliphatic carbocycles. The summed E-state index contributed by atoms with van der Waals surface area (Å²) in [6, 6.07) is 9.91. The summed E-state index contributed by atoms with van der Waals surface area (Å²) >= 11 is 1.90. The summed E-state index contributed by atoms with van der Waals surface area (Å²) in [7, 11) is 0. The van der Waals surface area contributed by atoms with Crippen molar-refractivity contribution in [2.45, 2.75) is 26.2 Å². The molecule has 0 aliphatic rings. The van der Waals surface area contributed by atoms with Gasteiger partial charge in [0.05, 0.1) is 6.61 Å². The maximum absolute atomic E-state index is 5.66. The fourth-order valence-electron chi connectivity index (χ4n) is 1.88. The van der Waals surface area contributed by atoms with E-state index in [0.717, 1.165) is 37.8 Å². The molecule has 1 aromatic carbocycles. The Morgan fingerprint density at radius 3 is 2.68 bits per heavy atom. The molecular weight excluding hydrogens is 294 g/mol. The Bertz CT molecular complexity index is 398. The minimum atomic E-state index is 0.695. The molecule has 0 atom stereocenters. The van der Waals surface area contributed by atoms with Crippen LogP contribution in [0.2, 0.25) is 0 Å². The van der Waals surface area contributed by atoms with Crippen molar-refractivity contribution < 1.29 is 4.74 Å². The molecule has 0 heterocycles. The maximum Gasteiger partial charge on any atom is 0.191 e. The highest BCUT2D eigenvalue weighted by Gasteiger charge is 1.97. The second kappa shape index (κ2) is 13.3. The summed E-state index contributed by atoms with van der Waals surface area (Å²) < 4.78 is 5.66. The third-order valence-electron chi connectivity index (χ3n) is 3.00. The number of unbranched alkanes of at least 4 members (excludes halogenated alkanes) is 1. The zero-order valence-corrected chi connectivity index (χ0v) is 14.6. The fraction of sp³-hybridized carbons (Fsp3) is 0.588. The molecule has 1 aromatic rings. The van der Waals surface area contributed by atoms with E-state index in [4.69, 9.17) is 4.74 Å². The van der Waals surface area contributed by atoms with Crippen LogP contribution in [-0.2, 0) is 0 Å². The van der Waals surface area contributed by atoms with Crippen molar-refractivity contribution in [1.82, 2.24) is 10.6 Å². The van der Waals surface area contributed by atoms with Crippen molar-refractivity contribution in [3.63, 3.8) is 0 Å². The number of guanidine groups is 1. The van der Waals surface area contributed by atoms with E-state index in [1.165, 1.54) is 18.6 Å². The lowest BCUT2D eigenvalue weighted by atomic mass is 10.3. The highest BCUT2D eigenvalue weighted by Crippen LogP contribution is 2.08. The molecule has 0 radical (unpaired) electrons. The zero-order chi connectivity index (χ0) is 15.9. The topological polar surface area (TPSA) is 45.7 Å². The Morgan fingerprint density at radius 1 is 1.14 bits per heavy atom. The number of para-hydroxylation sites is 1. The Morgan fingerprint density at radius 2 is 1.95 bits per heavy atom. The smallest absolute Gasteiger partial charge is 0.191 e. The number of hydrogen-bond acceptors (Lipinski definition) is 3. The quantitative estimate of drug-likeness (QED) is 0.373. The van der Waals surface area contributed by atoms with E-state index in [1.807, 2.05) is 42.1 Å². The molecule has 0 saturated carbocycles. The van der Waals surface area contributed by atoms with Crippen molar-refractivity contribution in [3.8, 4) is 5.75 Å². The van der Waals surface area contributed by atoms with Crippen LogP contribution >= 0.6 is 11.8 Å². The summed E-state index contributed by atoms with van der Waals surface area (Å²) in [5, 5.41) is 6.65. The molecule has 0 aromatic heterocycles. The molecule has 22 heavy (non-hydrogen) atoms. The molecule has 0 fully saturated rings. The molecule has 2 N–H and O–H groups in total. The summed E-state index contributed by atoms with van der Waals surface area (Å²) in [5.74, 6) is 3.06. The van der Waals surface area contributed by atoms with E-state index in [0.29, 0.717) is 6.61 Å². The van der Waals surface area contributed by atoms with Gasteiger partial charge in [0.15, 0.2) is 5.96 Å². The van der Waals surface area contributed by atoms with Gasteiger partial charge in [0.1, 0.15) is 5.75 Å². The Balaban J connectivity index is 2.15. The lowest BCUT2D eigenvalue weighted by Gasteiger charge is -2.11. The second-order valence-corrected chi connectivity index (χ2v) is 5.89. The van der Waals surface area contributed by atoms with Crippen LogP contribution in [0.4, 0.5) is 0 Å². The van der Waals surface area contributed by atoms with Gasteiger partial charge in [-0.2, -0.15) is 11.8 Å². The second-order valence-electron chi connectivity index (χ2n) is 4.90. The summed E-state index contributed by atoms with van der Waals surface area (Å²) in [5.41, 5.74) is 0. The van der Waals surface area contributed by atoms with Gasteiger partial charge in [-0.05, 0) is 43.9 Å². The first-order chi connectivity index (χ1) is 10.9. The third-order valence-corrected chi connectivity index (χ3v) is 3.69. The van der Waals surface area contributed by atoms with Gasteiger partial charge in [-0.15, -0.1) is 0 Å². The van der Waals surface area contributed by atoms with Gasteiger partial charge in [0.2, 0.25) is 0 Å². The lowest BCUT2D eigenvalue weighted by Crippen LogP contribution is -2.38. The third kappa shape index (κ3) is 9.55. The molecule has 0 saturated heterocycles. The molecule has 0 amide bonds. The van der Waals surface area contributed by atoms with E-state index in [1.54, 1.807) is 0 Å². The Labute approximate surface area is 139 Å². The van der Waals surface area contributed by atoms with E-state index >= 15 is 0 Å². The van der Waals surface area contributed by atoms with Gasteiger partial charge < -0.3 is 15.4 Å². The molecule has 124 valence electrons. The highest BCUT2D eigenvalue weighted by atomic mass is 32.2. The predicted octanol–water partition coefficient (Wildman–Crippen LogP) is 3.15. The van der Waals surface area contributed by atoms with Gasteiger partial charge in [-0.25, -0.2) is 0 Å². The number of thioether (sulfide) groups is 1. The van der Waals surface area contributed by atoms with Gasteiger partial charge in [-0.1, -0.05) is 18.2 Å². The van der Waals surface area contributed by atoms with Crippen molar-refractivity contribution in [2.75, 3.05) is 38.2 Å². The standard InChI is InChI=1S/C17H29N3OS/c1-3-18-17(19-12-7-8-15-22-2)20-13-9-14-21-16-10-5-4-6-11-16/h4-6,10-11H,3,7-9,12-15H2,1-2H3,(H2,18,19,20). The monoisotopic (exact) mass is 323 g/mol. The summed E-state index contributed by atoms with van der Waals surface area (Å²) in [6.07, 6.45) is 5.50. The number of nitrogens with one attached hydrogen (secondary N) is 2. The zero-order valence-electron chi connectivity index (χ0n) is 13.8. The molecule has 1 rings (SSSR count). The predicted molar refractivity (Wildman–Crippen MR) is 98.2 cm³/mol. The summed E-state index contributed by atoms with van der Waals surface area (Å²) in [4.78, 5) is 4.57. The Kier molecular flexibility index (Phi) is 11.3. The first kappa shape index (κ1) is 18.7. The van der Waals surface area contributed by atoms with Crippen LogP contribution in [0, 0.1) is 0 Å². The molecule has 0 bridgehead atoms. The molecule has 0 aliphatic heterocycles. The first-order valence-corrected chi connectivity index (χ1v) is 9.45. The van der Waals surface area contributed by atoms with Crippen LogP contribution in [0.15, 0.2) is 35.3 Å². The van der Waals surface area contributed by atoms with Crippen molar-refractivity contribution >= 4 is 17.7 Å². The van der Waals surface area contributed by atoms with E-state index < -0.39 is 0 Å². The van der Waals surface area contributed by atoms with Crippen LogP contribution in [-0.4, -0.2) is 44.2 Å². The van der Waals surface area contributed by atoms with Crippen LogP contribution < -0.4 is 15.4 Å². The minimum Gasteiger partial charge on any atom is -0.494 e. The fourth-order valence-corrected chi connectivity index (χ4v) is 2.37. The number of rotatable bonds is 11. The van der Waals surface area contributed by atoms with Gasteiger partial charge >= 0.3 is 0 Å². The van der Waals surface area contributed by atoms with Gasteiger partial charge in [0, 0.05) is 26.1 Å². The summed E-state index contributed by atoms with van der Waals surface area (Å²) in [6.45, 7) is 5.42. The van der Waals surface area contributed by atoms with Crippen molar-refractivity contribution in [2.24, 2.45) is 4.99 Å². The Hall–Kier alpha value is -1.36. The van der Waals surface area contributed by atoms with E-state index in [9.17, 15) is 0 Å². The van der Waals surface area contributed by atoms with Crippen molar-refractivity contribution in [3.05, 3.63) is 30.3 Å². The average Bonchev–Trinajstić information content (AvgIpc) is 2.55. The lowest BCUT2D eigenvalue weighted by molar-refractivity contribution is 0.313. The molecular formula is C17H29N3OS. The number of hydrogen-bond donors (Lipinski definition) is 2. The maximum atomic E-state index is 5.66. The van der Waals surface area contributed by atoms with Crippen LogP contribution in [0.1, 0.15) is 26.2 Å². The molecule has 4 nitrogen and oxygen atoms in total. The molecule has 0 unspecified atom stereocenters. The van der Waals surface area contributed by atoms with E-state index in [-0.39, 0.29) is 0 Å². The van der Waals surface area contributed by atoms with E-state index in [2.05, 4.69) is 28.8 Å². The largest absolute Gasteiger partial charge is 0.494 e. The van der Waals surface area contributed by atoms with Crippen LogP contribution in [0.5, 0.6) is 5.75 Å². The van der Waals surface area contributed by atoms with Gasteiger partial charge in [-0.3, -0.25) is 4.99 Å². The average molecular weight is 324 g/mol. The molecule has 5 heteroatoms. The number of aliphatic imine (C=N–C) groups is 1. The number of nitrogens with zero attached hydrogens (tertiary/aromatic N) is 1. The van der Waals surface area contributed by atoms with Gasteiger partial charge in [0.25, 0.3) is 0 Å². The van der Waals surface area contributed by atoms with Crippen LogP contribution in [0.3, 0.4) is 0 Å². The highest BCUT2D eigenvalue weighted by molar-refractivity contribution is 7.98.